The fraction of sp³-hybridized carbons (Fsp3) is 0.400. The molecule has 1 heterocycles. The summed E-state index contributed by atoms with van der Waals surface area (Å²) in [5.41, 5.74) is 0. The Bertz CT molecular complexity index is 658. The number of urea groups is 1. The number of thioether (sulfide) groups is 1. The number of nitrogens with zero attached hydrogens (tertiary/aromatic N) is 2. The van der Waals surface area contributed by atoms with Crippen LogP contribution in [0.2, 0.25) is 5.02 Å². The number of hydrogen-bond acceptors (Lipinski definition) is 5. The minimum atomic E-state index is -0.243. The third-order valence-electron chi connectivity index (χ3n) is 3.30. The van der Waals surface area contributed by atoms with E-state index in [1.165, 1.54) is 0 Å². The predicted octanol–water partition coefficient (Wildman–Crippen LogP) is 3.19. The van der Waals surface area contributed by atoms with Gasteiger partial charge in [-0.3, -0.25) is 0 Å². The lowest BCUT2D eigenvalue weighted by Crippen LogP contribution is -2.36. The molecule has 23 heavy (non-hydrogen) atoms. The first-order chi connectivity index (χ1) is 11.2. The highest BCUT2D eigenvalue weighted by Gasteiger charge is 2.28. The van der Waals surface area contributed by atoms with Crippen molar-refractivity contribution in [1.82, 2.24) is 20.8 Å². The predicted molar refractivity (Wildman–Crippen MR) is 88.7 cm³/mol. The number of benzene rings is 1. The Balaban J connectivity index is 1.30. The van der Waals surface area contributed by atoms with Crippen LogP contribution in [0.15, 0.2) is 33.7 Å². The van der Waals surface area contributed by atoms with Gasteiger partial charge in [-0.05, 0) is 37.1 Å². The average molecular weight is 353 g/mol. The molecule has 0 aliphatic heterocycles. The third-order valence-corrected chi connectivity index (χ3v) is 4.56. The molecule has 1 aliphatic carbocycles. The zero-order chi connectivity index (χ0) is 16.1. The SMILES string of the molecule is O=C(NCCSc1ccc(Cl)cc1)NCc1nc(C2CC2)no1. The molecule has 2 aromatic rings. The first-order valence-corrected chi connectivity index (χ1v) is 8.79. The van der Waals surface area contributed by atoms with Gasteiger partial charge in [0.15, 0.2) is 5.82 Å². The first kappa shape index (κ1) is 16.1. The molecule has 1 aromatic carbocycles. The number of hydrogen-bond donors (Lipinski definition) is 2. The van der Waals surface area contributed by atoms with Crippen molar-refractivity contribution in [1.29, 1.82) is 0 Å². The van der Waals surface area contributed by atoms with E-state index in [4.69, 9.17) is 16.1 Å². The summed E-state index contributed by atoms with van der Waals surface area (Å²) in [6, 6.07) is 7.38. The zero-order valence-electron chi connectivity index (χ0n) is 12.4. The highest BCUT2D eigenvalue weighted by Crippen LogP contribution is 2.38. The van der Waals surface area contributed by atoms with Crippen molar-refractivity contribution in [2.24, 2.45) is 0 Å². The molecule has 0 bridgehead atoms. The second kappa shape index (κ2) is 7.70. The normalized spacial score (nSPS) is 13.8. The van der Waals surface area contributed by atoms with Crippen LogP contribution in [0.4, 0.5) is 4.79 Å². The monoisotopic (exact) mass is 352 g/mol. The van der Waals surface area contributed by atoms with Crippen molar-refractivity contribution in [3.63, 3.8) is 0 Å². The van der Waals surface area contributed by atoms with E-state index in [0.717, 1.165) is 34.3 Å². The van der Waals surface area contributed by atoms with Crippen molar-refractivity contribution in [2.45, 2.75) is 30.2 Å². The molecule has 1 fully saturated rings. The summed E-state index contributed by atoms with van der Waals surface area (Å²) in [7, 11) is 0. The molecule has 8 heteroatoms. The molecule has 2 amide bonds. The van der Waals surface area contributed by atoms with Crippen molar-refractivity contribution >= 4 is 29.4 Å². The Morgan fingerprint density at radius 1 is 1.30 bits per heavy atom. The fourth-order valence-electron chi connectivity index (χ4n) is 1.93. The van der Waals surface area contributed by atoms with Crippen LogP contribution in [-0.4, -0.2) is 28.5 Å². The van der Waals surface area contributed by atoms with E-state index < -0.39 is 0 Å². The van der Waals surface area contributed by atoms with Crippen molar-refractivity contribution in [3.8, 4) is 0 Å². The Morgan fingerprint density at radius 2 is 2.09 bits per heavy atom. The standard InChI is InChI=1S/C15H17ClN4O2S/c16-11-3-5-12(6-4-11)23-8-7-17-15(21)18-9-13-19-14(20-22-13)10-1-2-10/h3-6,10H,1-2,7-9H2,(H2,17,18,21). The third kappa shape index (κ3) is 5.14. The van der Waals surface area contributed by atoms with Crippen molar-refractivity contribution in [3.05, 3.63) is 41.0 Å². The fourth-order valence-corrected chi connectivity index (χ4v) is 2.82. The van der Waals surface area contributed by atoms with Gasteiger partial charge in [0.05, 0.1) is 6.54 Å². The van der Waals surface area contributed by atoms with E-state index in [9.17, 15) is 4.79 Å². The van der Waals surface area contributed by atoms with Crippen LogP contribution in [0, 0.1) is 0 Å². The van der Waals surface area contributed by atoms with Crippen LogP contribution in [0.1, 0.15) is 30.5 Å². The molecule has 0 radical (unpaired) electrons. The molecule has 6 nitrogen and oxygen atoms in total. The van der Waals surface area contributed by atoms with E-state index in [1.54, 1.807) is 11.8 Å². The molecule has 1 aromatic heterocycles. The molecular formula is C15H17ClN4O2S. The topological polar surface area (TPSA) is 80.0 Å². The maximum atomic E-state index is 11.7. The summed E-state index contributed by atoms with van der Waals surface area (Å²) in [6.45, 7) is 0.812. The number of aromatic nitrogens is 2. The number of carbonyl (C=O) groups is 1. The summed E-state index contributed by atoms with van der Waals surface area (Å²) in [5, 5.41) is 10.1. The highest BCUT2D eigenvalue weighted by molar-refractivity contribution is 7.99. The van der Waals surface area contributed by atoms with Crippen LogP contribution < -0.4 is 10.6 Å². The van der Waals surface area contributed by atoms with E-state index >= 15 is 0 Å². The summed E-state index contributed by atoms with van der Waals surface area (Å²) in [6.07, 6.45) is 2.25. The van der Waals surface area contributed by atoms with Crippen molar-refractivity contribution < 1.29 is 9.32 Å². The Labute approximate surface area is 143 Å². The lowest BCUT2D eigenvalue weighted by Gasteiger charge is -2.06. The van der Waals surface area contributed by atoms with E-state index in [2.05, 4.69) is 20.8 Å². The number of rotatable bonds is 7. The highest BCUT2D eigenvalue weighted by atomic mass is 35.5. The lowest BCUT2D eigenvalue weighted by molar-refractivity contribution is 0.239. The van der Waals surface area contributed by atoms with Gasteiger partial charge in [-0.25, -0.2) is 4.79 Å². The molecule has 0 saturated heterocycles. The second-order valence-corrected chi connectivity index (χ2v) is 6.84. The molecule has 1 aliphatic rings. The Morgan fingerprint density at radius 3 is 2.83 bits per heavy atom. The Kier molecular flexibility index (Phi) is 5.40. The smallest absolute Gasteiger partial charge is 0.315 e. The van der Waals surface area contributed by atoms with Gasteiger partial charge in [0.2, 0.25) is 5.89 Å². The van der Waals surface area contributed by atoms with E-state index in [0.29, 0.717) is 18.4 Å². The molecule has 0 atom stereocenters. The van der Waals surface area contributed by atoms with Gasteiger partial charge in [-0.2, -0.15) is 4.98 Å². The summed E-state index contributed by atoms with van der Waals surface area (Å²) < 4.78 is 5.09. The first-order valence-electron chi connectivity index (χ1n) is 7.43. The number of carbonyl (C=O) groups excluding carboxylic acids is 1. The van der Waals surface area contributed by atoms with Gasteiger partial charge in [0.25, 0.3) is 0 Å². The van der Waals surface area contributed by atoms with E-state index in [-0.39, 0.29) is 12.6 Å². The average Bonchev–Trinajstić information content (AvgIpc) is 3.30. The number of nitrogens with one attached hydrogen (secondary N) is 2. The molecule has 122 valence electrons. The molecule has 2 N–H and O–H groups in total. The Hall–Kier alpha value is -1.73. The van der Waals surface area contributed by atoms with Crippen LogP contribution in [0.3, 0.4) is 0 Å². The lowest BCUT2D eigenvalue weighted by atomic mass is 10.4. The van der Waals surface area contributed by atoms with Gasteiger partial charge < -0.3 is 15.2 Å². The largest absolute Gasteiger partial charge is 0.337 e. The van der Waals surface area contributed by atoms with E-state index in [1.807, 2.05) is 24.3 Å². The summed E-state index contributed by atoms with van der Waals surface area (Å²) >= 11 is 7.49. The molecular weight excluding hydrogens is 336 g/mol. The number of amides is 2. The van der Waals surface area contributed by atoms with Gasteiger partial charge in [0.1, 0.15) is 0 Å². The summed E-state index contributed by atoms with van der Waals surface area (Å²) in [4.78, 5) is 17.1. The zero-order valence-corrected chi connectivity index (χ0v) is 14.0. The van der Waals surface area contributed by atoms with Crippen molar-refractivity contribution in [2.75, 3.05) is 12.3 Å². The minimum absolute atomic E-state index is 0.243. The maximum Gasteiger partial charge on any atom is 0.315 e. The van der Waals surface area contributed by atoms with Gasteiger partial charge >= 0.3 is 6.03 Å². The van der Waals surface area contributed by atoms with Gasteiger partial charge in [0, 0.05) is 28.1 Å². The van der Waals surface area contributed by atoms with Crippen LogP contribution >= 0.6 is 23.4 Å². The van der Waals surface area contributed by atoms with Crippen LogP contribution in [0.25, 0.3) is 0 Å². The van der Waals surface area contributed by atoms with Gasteiger partial charge in [-0.1, -0.05) is 16.8 Å². The molecule has 0 spiro atoms. The van der Waals surface area contributed by atoms with Crippen LogP contribution in [-0.2, 0) is 6.54 Å². The molecule has 0 unspecified atom stereocenters. The van der Waals surface area contributed by atoms with Crippen LogP contribution in [0.5, 0.6) is 0 Å². The maximum absolute atomic E-state index is 11.7. The quantitative estimate of drug-likeness (QED) is 0.591. The van der Waals surface area contributed by atoms with Gasteiger partial charge in [-0.15, -0.1) is 11.8 Å². The molecule has 1 saturated carbocycles. The minimum Gasteiger partial charge on any atom is -0.337 e. The second-order valence-electron chi connectivity index (χ2n) is 5.23. The number of halogens is 1. The summed E-state index contributed by atoms with van der Waals surface area (Å²) in [5.74, 6) is 2.42. The molecule has 3 rings (SSSR count).